The highest BCUT2D eigenvalue weighted by molar-refractivity contribution is 7.98. The van der Waals surface area contributed by atoms with Crippen LogP contribution in [-0.4, -0.2) is 24.5 Å². The first-order valence-corrected chi connectivity index (χ1v) is 7.18. The van der Waals surface area contributed by atoms with E-state index < -0.39 is 0 Å². The standard InChI is InChI=1S/C13H20N2OS/c1-10-9-11(5-6-12(10)14)13(16)15-7-3-4-8-17-2/h5-6,9H,3-4,7-8,14H2,1-2H3,(H,15,16). The number of hydrogen-bond donors (Lipinski definition) is 2. The molecule has 0 radical (unpaired) electrons. The minimum Gasteiger partial charge on any atom is -0.399 e. The molecule has 0 unspecified atom stereocenters. The average molecular weight is 252 g/mol. The van der Waals surface area contributed by atoms with Crippen molar-refractivity contribution in [2.75, 3.05) is 24.3 Å². The van der Waals surface area contributed by atoms with Crippen molar-refractivity contribution < 1.29 is 4.79 Å². The predicted octanol–water partition coefficient (Wildman–Crippen LogP) is 2.45. The van der Waals surface area contributed by atoms with Gasteiger partial charge in [-0.2, -0.15) is 11.8 Å². The molecule has 4 heteroatoms. The second-order valence-corrected chi connectivity index (χ2v) is 5.01. The molecule has 1 aromatic carbocycles. The molecule has 0 aliphatic rings. The fourth-order valence-corrected chi connectivity index (χ4v) is 1.99. The number of aryl methyl sites for hydroxylation is 1. The summed E-state index contributed by atoms with van der Waals surface area (Å²) in [6.45, 7) is 2.65. The van der Waals surface area contributed by atoms with E-state index in [9.17, 15) is 4.79 Å². The lowest BCUT2D eigenvalue weighted by Gasteiger charge is -2.06. The summed E-state index contributed by atoms with van der Waals surface area (Å²) in [4.78, 5) is 11.8. The summed E-state index contributed by atoms with van der Waals surface area (Å²) in [6, 6.07) is 5.37. The van der Waals surface area contributed by atoms with E-state index in [2.05, 4.69) is 11.6 Å². The van der Waals surface area contributed by atoms with Crippen LogP contribution in [0.15, 0.2) is 18.2 Å². The molecule has 0 aliphatic carbocycles. The summed E-state index contributed by atoms with van der Waals surface area (Å²) < 4.78 is 0. The van der Waals surface area contributed by atoms with E-state index in [1.165, 1.54) is 0 Å². The van der Waals surface area contributed by atoms with Crippen LogP contribution in [-0.2, 0) is 0 Å². The van der Waals surface area contributed by atoms with Gasteiger partial charge in [-0.15, -0.1) is 0 Å². The van der Waals surface area contributed by atoms with Gasteiger partial charge >= 0.3 is 0 Å². The maximum Gasteiger partial charge on any atom is 0.251 e. The first-order chi connectivity index (χ1) is 8.15. The Morgan fingerprint density at radius 3 is 2.82 bits per heavy atom. The van der Waals surface area contributed by atoms with Crippen molar-refractivity contribution in [2.24, 2.45) is 0 Å². The lowest BCUT2D eigenvalue weighted by molar-refractivity contribution is 0.0953. The molecule has 0 fully saturated rings. The molecular formula is C13H20N2OS. The van der Waals surface area contributed by atoms with Gasteiger partial charge in [0.05, 0.1) is 0 Å². The zero-order valence-electron chi connectivity index (χ0n) is 10.5. The van der Waals surface area contributed by atoms with Crippen LogP contribution in [0, 0.1) is 6.92 Å². The number of carbonyl (C=O) groups excluding carboxylic acids is 1. The van der Waals surface area contributed by atoms with Gasteiger partial charge in [-0.25, -0.2) is 0 Å². The van der Waals surface area contributed by atoms with Crippen molar-refractivity contribution in [3.05, 3.63) is 29.3 Å². The number of carbonyl (C=O) groups is 1. The van der Waals surface area contributed by atoms with Crippen LogP contribution in [0.5, 0.6) is 0 Å². The number of nitrogens with one attached hydrogen (secondary N) is 1. The Morgan fingerprint density at radius 1 is 1.41 bits per heavy atom. The van der Waals surface area contributed by atoms with Crippen LogP contribution < -0.4 is 11.1 Å². The van der Waals surface area contributed by atoms with E-state index in [-0.39, 0.29) is 5.91 Å². The van der Waals surface area contributed by atoms with Crippen LogP contribution in [0.25, 0.3) is 0 Å². The second-order valence-electron chi connectivity index (χ2n) is 4.03. The van der Waals surface area contributed by atoms with Crippen molar-refractivity contribution in [3.8, 4) is 0 Å². The third-order valence-corrected chi connectivity index (χ3v) is 3.29. The SMILES string of the molecule is CSCCCCNC(=O)c1ccc(N)c(C)c1. The highest BCUT2D eigenvalue weighted by Gasteiger charge is 2.05. The normalized spacial score (nSPS) is 10.2. The molecule has 1 aromatic rings. The van der Waals surface area contributed by atoms with Gasteiger partial charge in [0.2, 0.25) is 0 Å². The lowest BCUT2D eigenvalue weighted by Crippen LogP contribution is -2.24. The Bertz CT molecular complexity index is 380. The number of rotatable bonds is 6. The molecule has 0 spiro atoms. The monoisotopic (exact) mass is 252 g/mol. The van der Waals surface area contributed by atoms with E-state index in [1.54, 1.807) is 12.1 Å². The fourth-order valence-electron chi connectivity index (χ4n) is 1.49. The Balaban J connectivity index is 2.39. The maximum absolute atomic E-state index is 11.8. The molecule has 0 aromatic heterocycles. The van der Waals surface area contributed by atoms with Crippen LogP contribution in [0.2, 0.25) is 0 Å². The summed E-state index contributed by atoms with van der Waals surface area (Å²) in [5.41, 5.74) is 8.06. The van der Waals surface area contributed by atoms with E-state index in [0.29, 0.717) is 5.56 Å². The number of unbranched alkanes of at least 4 members (excludes halogenated alkanes) is 1. The third-order valence-electron chi connectivity index (χ3n) is 2.59. The van der Waals surface area contributed by atoms with Gasteiger partial charge in [-0.3, -0.25) is 4.79 Å². The predicted molar refractivity (Wildman–Crippen MR) is 75.5 cm³/mol. The van der Waals surface area contributed by atoms with Gasteiger partial charge in [0.25, 0.3) is 5.91 Å². The van der Waals surface area contributed by atoms with Gasteiger partial charge < -0.3 is 11.1 Å². The van der Waals surface area contributed by atoms with Gasteiger partial charge in [-0.05, 0) is 55.5 Å². The molecular weight excluding hydrogens is 232 g/mol. The van der Waals surface area contributed by atoms with Crippen molar-refractivity contribution in [1.82, 2.24) is 5.32 Å². The quantitative estimate of drug-likeness (QED) is 0.604. The first kappa shape index (κ1) is 13.9. The van der Waals surface area contributed by atoms with E-state index >= 15 is 0 Å². The fraction of sp³-hybridized carbons (Fsp3) is 0.462. The molecule has 0 atom stereocenters. The summed E-state index contributed by atoms with van der Waals surface area (Å²) >= 11 is 1.83. The molecule has 3 nitrogen and oxygen atoms in total. The smallest absolute Gasteiger partial charge is 0.251 e. The highest BCUT2D eigenvalue weighted by Crippen LogP contribution is 2.12. The number of nitrogens with two attached hydrogens (primary N) is 1. The third kappa shape index (κ3) is 4.69. The number of hydrogen-bond acceptors (Lipinski definition) is 3. The Labute approximate surface area is 107 Å². The minimum absolute atomic E-state index is 0.0164. The van der Waals surface area contributed by atoms with Crippen LogP contribution in [0.1, 0.15) is 28.8 Å². The Morgan fingerprint density at radius 2 is 2.18 bits per heavy atom. The van der Waals surface area contributed by atoms with Crippen molar-refractivity contribution in [3.63, 3.8) is 0 Å². The number of thioether (sulfide) groups is 1. The molecule has 17 heavy (non-hydrogen) atoms. The van der Waals surface area contributed by atoms with Crippen LogP contribution in [0.3, 0.4) is 0 Å². The number of benzene rings is 1. The van der Waals surface area contributed by atoms with Crippen LogP contribution >= 0.6 is 11.8 Å². The largest absolute Gasteiger partial charge is 0.399 e. The molecule has 0 saturated carbocycles. The van der Waals surface area contributed by atoms with Crippen molar-refractivity contribution >= 4 is 23.4 Å². The van der Waals surface area contributed by atoms with Crippen LogP contribution in [0.4, 0.5) is 5.69 Å². The zero-order chi connectivity index (χ0) is 12.7. The maximum atomic E-state index is 11.8. The molecule has 0 heterocycles. The highest BCUT2D eigenvalue weighted by atomic mass is 32.2. The number of anilines is 1. The van der Waals surface area contributed by atoms with Crippen molar-refractivity contribution in [2.45, 2.75) is 19.8 Å². The van der Waals surface area contributed by atoms with E-state index in [4.69, 9.17) is 5.73 Å². The topological polar surface area (TPSA) is 55.1 Å². The zero-order valence-corrected chi connectivity index (χ0v) is 11.3. The second kappa shape index (κ2) is 7.22. The Kier molecular flexibility index (Phi) is 5.91. The summed E-state index contributed by atoms with van der Waals surface area (Å²) in [5.74, 6) is 1.13. The summed E-state index contributed by atoms with van der Waals surface area (Å²) in [5, 5.41) is 2.92. The minimum atomic E-state index is -0.0164. The lowest BCUT2D eigenvalue weighted by atomic mass is 10.1. The number of amides is 1. The number of nitrogen functional groups attached to an aromatic ring is 1. The summed E-state index contributed by atoms with van der Waals surface area (Å²) in [7, 11) is 0. The molecule has 1 rings (SSSR count). The van der Waals surface area contributed by atoms with Gasteiger partial charge in [0.15, 0.2) is 0 Å². The molecule has 1 amide bonds. The molecule has 94 valence electrons. The summed E-state index contributed by atoms with van der Waals surface area (Å²) in [6.07, 6.45) is 4.26. The average Bonchev–Trinajstić information content (AvgIpc) is 2.32. The van der Waals surface area contributed by atoms with Crippen molar-refractivity contribution in [1.29, 1.82) is 0 Å². The molecule has 0 bridgehead atoms. The molecule has 0 saturated heterocycles. The van der Waals surface area contributed by atoms with Gasteiger partial charge in [0.1, 0.15) is 0 Å². The Hall–Kier alpha value is -1.16. The van der Waals surface area contributed by atoms with Gasteiger partial charge in [-0.1, -0.05) is 0 Å². The van der Waals surface area contributed by atoms with E-state index in [1.807, 2.05) is 24.8 Å². The van der Waals surface area contributed by atoms with Gasteiger partial charge in [0, 0.05) is 17.8 Å². The van der Waals surface area contributed by atoms with E-state index in [0.717, 1.165) is 36.4 Å². The first-order valence-electron chi connectivity index (χ1n) is 5.78. The molecule has 0 aliphatic heterocycles. The molecule has 3 N–H and O–H groups in total.